The van der Waals surface area contributed by atoms with Gasteiger partial charge in [-0.3, -0.25) is 9.48 Å². The smallest absolute Gasteiger partial charge is 0.272 e. The van der Waals surface area contributed by atoms with Crippen molar-refractivity contribution in [3.63, 3.8) is 0 Å². The largest absolute Gasteiger partial charge is 0.336 e. The van der Waals surface area contributed by atoms with E-state index in [9.17, 15) is 13.2 Å². The average molecular weight is 383 g/mol. The molecule has 1 amide bonds. The SMILES string of the molecule is CC(C)c1cc(C(=O)N2CCC[C@H](S(=O)(=O)NC3CCCC3)C2)n(C)n1. The number of amides is 1. The second-order valence-corrected chi connectivity index (χ2v) is 9.88. The zero-order valence-corrected chi connectivity index (χ0v) is 16.8. The van der Waals surface area contributed by atoms with Crippen LogP contribution in [0.15, 0.2) is 6.07 Å². The number of sulfonamides is 1. The molecule has 1 atom stereocenters. The highest BCUT2D eigenvalue weighted by molar-refractivity contribution is 7.90. The third kappa shape index (κ3) is 4.11. The number of hydrogen-bond acceptors (Lipinski definition) is 4. The Morgan fingerprint density at radius 1 is 1.23 bits per heavy atom. The van der Waals surface area contributed by atoms with Crippen molar-refractivity contribution in [3.8, 4) is 0 Å². The second kappa shape index (κ2) is 7.68. The monoisotopic (exact) mass is 382 g/mol. The third-order valence-electron chi connectivity index (χ3n) is 5.50. The molecule has 2 fully saturated rings. The summed E-state index contributed by atoms with van der Waals surface area (Å²) in [6.07, 6.45) is 5.32. The van der Waals surface area contributed by atoms with Gasteiger partial charge in [-0.1, -0.05) is 26.7 Å². The normalized spacial score (nSPS) is 22.3. The number of nitrogens with zero attached hydrogens (tertiary/aromatic N) is 3. The lowest BCUT2D eigenvalue weighted by molar-refractivity contribution is 0.0715. The van der Waals surface area contributed by atoms with E-state index in [1.807, 2.05) is 19.9 Å². The van der Waals surface area contributed by atoms with Gasteiger partial charge in [-0.2, -0.15) is 5.10 Å². The van der Waals surface area contributed by atoms with E-state index in [-0.39, 0.29) is 24.4 Å². The fraction of sp³-hybridized carbons (Fsp3) is 0.778. The molecule has 1 aliphatic heterocycles. The van der Waals surface area contributed by atoms with Gasteiger partial charge in [0.15, 0.2) is 0 Å². The molecule has 7 nitrogen and oxygen atoms in total. The number of aromatic nitrogens is 2. The van der Waals surface area contributed by atoms with Crippen molar-refractivity contribution < 1.29 is 13.2 Å². The Morgan fingerprint density at radius 3 is 2.54 bits per heavy atom. The minimum atomic E-state index is -3.40. The molecule has 8 heteroatoms. The van der Waals surface area contributed by atoms with Crippen molar-refractivity contribution in [2.24, 2.45) is 7.05 Å². The van der Waals surface area contributed by atoms with Crippen LogP contribution in [0.5, 0.6) is 0 Å². The molecule has 0 aromatic carbocycles. The summed E-state index contributed by atoms with van der Waals surface area (Å²) in [5.41, 5.74) is 1.40. The fourth-order valence-corrected chi connectivity index (χ4v) is 5.63. The van der Waals surface area contributed by atoms with Crippen LogP contribution in [0.4, 0.5) is 0 Å². The van der Waals surface area contributed by atoms with Crippen molar-refractivity contribution in [3.05, 3.63) is 17.5 Å². The molecule has 0 radical (unpaired) electrons. The third-order valence-corrected chi connectivity index (χ3v) is 7.42. The maximum Gasteiger partial charge on any atom is 0.272 e. The van der Waals surface area contributed by atoms with Gasteiger partial charge in [-0.05, 0) is 37.7 Å². The van der Waals surface area contributed by atoms with Crippen molar-refractivity contribution in [1.29, 1.82) is 0 Å². The molecule has 2 heterocycles. The molecule has 2 aliphatic rings. The lowest BCUT2D eigenvalue weighted by Gasteiger charge is -2.33. The Labute approximate surface area is 156 Å². The lowest BCUT2D eigenvalue weighted by atomic mass is 10.1. The summed E-state index contributed by atoms with van der Waals surface area (Å²) in [5, 5.41) is 3.87. The van der Waals surface area contributed by atoms with E-state index in [0.29, 0.717) is 25.1 Å². The van der Waals surface area contributed by atoms with Gasteiger partial charge in [0.25, 0.3) is 5.91 Å². The number of carbonyl (C=O) groups is 1. The molecule has 0 unspecified atom stereocenters. The highest BCUT2D eigenvalue weighted by Gasteiger charge is 2.35. The predicted octanol–water partition coefficient (Wildman–Crippen LogP) is 2.01. The summed E-state index contributed by atoms with van der Waals surface area (Å²) >= 11 is 0. The summed E-state index contributed by atoms with van der Waals surface area (Å²) in [5.74, 6) is 0.112. The van der Waals surface area contributed by atoms with E-state index in [2.05, 4.69) is 9.82 Å². The zero-order chi connectivity index (χ0) is 18.9. The van der Waals surface area contributed by atoms with E-state index in [0.717, 1.165) is 31.4 Å². The van der Waals surface area contributed by atoms with E-state index >= 15 is 0 Å². The van der Waals surface area contributed by atoms with Gasteiger partial charge >= 0.3 is 0 Å². The van der Waals surface area contributed by atoms with Crippen LogP contribution in [-0.2, 0) is 17.1 Å². The van der Waals surface area contributed by atoms with Crippen LogP contribution in [-0.4, -0.2) is 53.4 Å². The Kier molecular flexibility index (Phi) is 5.72. The van der Waals surface area contributed by atoms with E-state index in [1.165, 1.54) is 0 Å². The molecule has 3 rings (SSSR count). The molecular weight excluding hydrogens is 352 g/mol. The van der Waals surface area contributed by atoms with Gasteiger partial charge in [0.2, 0.25) is 10.0 Å². The van der Waals surface area contributed by atoms with Crippen molar-refractivity contribution >= 4 is 15.9 Å². The van der Waals surface area contributed by atoms with Crippen LogP contribution in [0.3, 0.4) is 0 Å². The Hall–Kier alpha value is -1.41. The van der Waals surface area contributed by atoms with Gasteiger partial charge in [-0.25, -0.2) is 13.1 Å². The standard InChI is InChI=1S/C18H30N4O3S/c1-13(2)16-11-17(21(3)19-16)18(23)22-10-6-9-15(12-22)26(24,25)20-14-7-4-5-8-14/h11,13-15,20H,4-10,12H2,1-3H3/t15-/m0/s1. The summed E-state index contributed by atoms with van der Waals surface area (Å²) in [7, 11) is -1.64. The van der Waals surface area contributed by atoms with Crippen molar-refractivity contribution in [1.82, 2.24) is 19.4 Å². The zero-order valence-electron chi connectivity index (χ0n) is 15.9. The van der Waals surface area contributed by atoms with Crippen LogP contribution in [0.2, 0.25) is 0 Å². The minimum Gasteiger partial charge on any atom is -0.336 e. The van der Waals surface area contributed by atoms with E-state index in [1.54, 1.807) is 16.6 Å². The first kappa shape index (κ1) is 19.4. The van der Waals surface area contributed by atoms with Crippen LogP contribution >= 0.6 is 0 Å². The van der Waals surface area contributed by atoms with Crippen LogP contribution in [0, 0.1) is 0 Å². The minimum absolute atomic E-state index is 0.0664. The molecule has 1 aromatic heterocycles. The van der Waals surface area contributed by atoms with Gasteiger partial charge in [0.1, 0.15) is 5.69 Å². The molecule has 1 aliphatic carbocycles. The number of rotatable bonds is 5. The molecule has 1 N–H and O–H groups in total. The molecule has 0 spiro atoms. The van der Waals surface area contributed by atoms with Gasteiger partial charge in [0.05, 0.1) is 10.9 Å². The summed E-state index contributed by atoms with van der Waals surface area (Å²) in [6.45, 7) is 4.92. The molecular formula is C18H30N4O3S. The quantitative estimate of drug-likeness (QED) is 0.844. The maximum atomic E-state index is 12.9. The van der Waals surface area contributed by atoms with Gasteiger partial charge in [-0.15, -0.1) is 0 Å². The average Bonchev–Trinajstić information content (AvgIpc) is 3.23. The molecule has 1 aromatic rings. The maximum absolute atomic E-state index is 12.9. The molecule has 0 bridgehead atoms. The van der Waals surface area contributed by atoms with Crippen molar-refractivity contribution in [2.45, 2.75) is 69.6 Å². The fourth-order valence-electron chi connectivity index (χ4n) is 3.88. The number of hydrogen-bond donors (Lipinski definition) is 1. The Morgan fingerprint density at radius 2 is 1.92 bits per heavy atom. The van der Waals surface area contributed by atoms with Gasteiger partial charge in [0, 0.05) is 26.2 Å². The number of nitrogens with one attached hydrogen (secondary N) is 1. The van der Waals surface area contributed by atoms with Crippen molar-refractivity contribution in [2.75, 3.05) is 13.1 Å². The summed E-state index contributed by atoms with van der Waals surface area (Å²) in [4.78, 5) is 14.6. The van der Waals surface area contributed by atoms with E-state index in [4.69, 9.17) is 0 Å². The van der Waals surface area contributed by atoms with Crippen LogP contribution in [0.25, 0.3) is 0 Å². The van der Waals surface area contributed by atoms with Crippen LogP contribution in [0.1, 0.15) is 74.5 Å². The first-order chi connectivity index (χ1) is 12.3. The highest BCUT2D eigenvalue weighted by atomic mass is 32.2. The molecule has 1 saturated carbocycles. The number of likely N-dealkylation sites (tertiary alicyclic amines) is 1. The summed E-state index contributed by atoms with van der Waals surface area (Å²) < 4.78 is 30.0. The number of aryl methyl sites for hydroxylation is 1. The molecule has 146 valence electrons. The predicted molar refractivity (Wildman–Crippen MR) is 101 cm³/mol. The molecule has 1 saturated heterocycles. The van der Waals surface area contributed by atoms with Gasteiger partial charge < -0.3 is 4.90 Å². The topological polar surface area (TPSA) is 84.3 Å². The Bertz CT molecular complexity index is 750. The first-order valence-corrected chi connectivity index (χ1v) is 11.2. The number of piperidine rings is 1. The highest BCUT2D eigenvalue weighted by Crippen LogP contribution is 2.23. The van der Waals surface area contributed by atoms with E-state index < -0.39 is 15.3 Å². The van der Waals surface area contributed by atoms with Crippen LogP contribution < -0.4 is 4.72 Å². The Balaban J connectivity index is 1.70. The number of carbonyl (C=O) groups excluding carboxylic acids is 1. The first-order valence-electron chi connectivity index (χ1n) is 9.62. The lowest BCUT2D eigenvalue weighted by Crippen LogP contribution is -2.50. The summed E-state index contributed by atoms with van der Waals surface area (Å²) in [6, 6.07) is 1.89. The molecule has 26 heavy (non-hydrogen) atoms. The second-order valence-electron chi connectivity index (χ2n) is 7.89.